The van der Waals surface area contributed by atoms with Crippen LogP contribution in [-0.2, 0) is 5.41 Å². The van der Waals surface area contributed by atoms with Gasteiger partial charge in [0.1, 0.15) is 0 Å². The molecule has 0 N–H and O–H groups in total. The first-order valence-corrected chi connectivity index (χ1v) is 18.7. The summed E-state index contributed by atoms with van der Waals surface area (Å²) < 4.78 is 0. The first-order chi connectivity index (χ1) is 26.8. The lowest BCUT2D eigenvalue weighted by Crippen LogP contribution is -2.30. The van der Waals surface area contributed by atoms with E-state index in [1.807, 2.05) is 0 Å². The van der Waals surface area contributed by atoms with E-state index in [1.54, 1.807) is 0 Å². The topological polar surface area (TPSA) is 3.24 Å². The zero-order chi connectivity index (χ0) is 35.9. The molecular formula is C53H37N. The summed E-state index contributed by atoms with van der Waals surface area (Å²) in [7, 11) is 0. The normalized spacial score (nSPS) is 12.6. The molecule has 54 heavy (non-hydrogen) atoms. The monoisotopic (exact) mass is 687 g/mol. The largest absolute Gasteiger partial charge is 0.310 e. The highest BCUT2D eigenvalue weighted by atomic mass is 15.1. The fourth-order valence-electron chi connectivity index (χ4n) is 8.77. The second-order valence-electron chi connectivity index (χ2n) is 14.1. The van der Waals surface area contributed by atoms with Crippen LogP contribution in [0.1, 0.15) is 22.3 Å². The molecule has 0 heterocycles. The van der Waals surface area contributed by atoms with Gasteiger partial charge in [0.2, 0.25) is 0 Å². The van der Waals surface area contributed by atoms with E-state index in [0.717, 1.165) is 17.1 Å². The van der Waals surface area contributed by atoms with Gasteiger partial charge >= 0.3 is 0 Å². The van der Waals surface area contributed by atoms with Crippen LogP contribution in [0.2, 0.25) is 0 Å². The Kier molecular flexibility index (Phi) is 7.78. The summed E-state index contributed by atoms with van der Waals surface area (Å²) in [6.45, 7) is 0. The van der Waals surface area contributed by atoms with E-state index in [4.69, 9.17) is 0 Å². The smallest absolute Gasteiger partial charge is 0.0734 e. The Hall–Kier alpha value is -6.96. The zero-order valence-corrected chi connectivity index (χ0v) is 29.8. The van der Waals surface area contributed by atoms with E-state index in [1.165, 1.54) is 66.4 Å². The summed E-state index contributed by atoms with van der Waals surface area (Å²) in [5, 5.41) is 2.52. The summed E-state index contributed by atoms with van der Waals surface area (Å²) in [5.41, 5.74) is 15.2. The maximum atomic E-state index is 2.47. The molecule has 0 aromatic heterocycles. The Morgan fingerprint density at radius 3 is 1.33 bits per heavy atom. The Morgan fingerprint density at radius 2 is 0.796 bits per heavy atom. The molecular weight excluding hydrogens is 651 g/mol. The van der Waals surface area contributed by atoms with Crippen LogP contribution in [0.15, 0.2) is 224 Å². The second-order valence-corrected chi connectivity index (χ2v) is 14.1. The van der Waals surface area contributed by atoms with Gasteiger partial charge in [-0.1, -0.05) is 194 Å². The van der Waals surface area contributed by atoms with Gasteiger partial charge in [-0.15, -0.1) is 0 Å². The Bertz CT molecular complexity index is 2600. The molecule has 1 nitrogen and oxygen atoms in total. The minimum absolute atomic E-state index is 0.583. The van der Waals surface area contributed by atoms with Crippen LogP contribution in [0.5, 0.6) is 0 Å². The molecule has 0 aliphatic heterocycles. The molecule has 0 unspecified atom stereocenters. The van der Waals surface area contributed by atoms with Gasteiger partial charge in [-0.3, -0.25) is 0 Å². The molecule has 0 bridgehead atoms. The molecule has 9 aromatic carbocycles. The molecule has 0 amide bonds. The number of nitrogens with zero attached hydrogens (tertiary/aromatic N) is 1. The third-order valence-electron chi connectivity index (χ3n) is 11.1. The minimum atomic E-state index is -0.583. The first kappa shape index (κ1) is 31.7. The van der Waals surface area contributed by atoms with E-state index >= 15 is 0 Å². The number of benzene rings is 9. The van der Waals surface area contributed by atoms with Crippen molar-refractivity contribution in [3.05, 3.63) is 247 Å². The lowest BCUT2D eigenvalue weighted by Gasteiger charge is -2.38. The van der Waals surface area contributed by atoms with Gasteiger partial charge in [-0.25, -0.2) is 0 Å². The summed E-state index contributed by atoms with van der Waals surface area (Å²) in [4.78, 5) is 2.47. The quantitative estimate of drug-likeness (QED) is 0.161. The molecule has 0 saturated heterocycles. The standard InChI is InChI=1S/C53H37N/c1-5-16-38(17-6-1)40-28-33-45(34-29-40)54(46-35-30-41(31-36-46)39-18-7-2-8-19-39)50-27-15-26-48-51-47-25-14-13-20-42(47)32-37-49(51)53(52(48)50,43-21-9-3-10-22-43)44-23-11-4-12-24-44/h1-37H. The lowest BCUT2D eigenvalue weighted by atomic mass is 9.67. The summed E-state index contributed by atoms with van der Waals surface area (Å²) in [5.74, 6) is 0. The SMILES string of the molecule is c1ccc(-c2ccc(N(c3ccc(-c4ccccc4)cc3)c3cccc4c3C(c3ccccc3)(c3ccccc3)c3ccc5ccccc5c3-4)cc2)cc1. The van der Waals surface area contributed by atoms with E-state index in [9.17, 15) is 0 Å². The van der Waals surface area contributed by atoms with Gasteiger partial charge in [0.05, 0.1) is 11.1 Å². The Morgan fingerprint density at radius 1 is 0.333 bits per heavy atom. The highest BCUT2D eigenvalue weighted by Crippen LogP contribution is 2.61. The van der Waals surface area contributed by atoms with Crippen LogP contribution in [0.4, 0.5) is 17.1 Å². The average molecular weight is 688 g/mol. The van der Waals surface area contributed by atoms with Gasteiger partial charge in [-0.2, -0.15) is 0 Å². The molecule has 0 radical (unpaired) electrons. The number of hydrogen-bond acceptors (Lipinski definition) is 1. The molecule has 9 aromatic rings. The molecule has 0 fully saturated rings. The van der Waals surface area contributed by atoms with Gasteiger partial charge < -0.3 is 4.90 Å². The third kappa shape index (κ3) is 5.09. The Labute approximate surface area is 317 Å². The molecule has 1 heteroatoms. The summed E-state index contributed by atoms with van der Waals surface area (Å²) in [6, 6.07) is 82.0. The van der Waals surface area contributed by atoms with Crippen LogP contribution in [-0.4, -0.2) is 0 Å². The molecule has 0 spiro atoms. The predicted molar refractivity (Wildman–Crippen MR) is 227 cm³/mol. The number of rotatable bonds is 7. The number of fused-ring (bicyclic) bond motifs is 5. The third-order valence-corrected chi connectivity index (χ3v) is 11.1. The van der Waals surface area contributed by atoms with Crippen molar-refractivity contribution in [3.8, 4) is 33.4 Å². The van der Waals surface area contributed by atoms with Crippen molar-refractivity contribution in [3.63, 3.8) is 0 Å². The molecule has 1 aliphatic carbocycles. The fourth-order valence-corrected chi connectivity index (χ4v) is 8.77. The van der Waals surface area contributed by atoms with E-state index < -0.39 is 5.41 Å². The molecule has 1 aliphatic rings. The molecule has 10 rings (SSSR count). The van der Waals surface area contributed by atoms with Crippen molar-refractivity contribution < 1.29 is 0 Å². The maximum absolute atomic E-state index is 2.47. The molecule has 0 saturated carbocycles. The van der Waals surface area contributed by atoms with E-state index in [2.05, 4.69) is 229 Å². The van der Waals surface area contributed by atoms with Gasteiger partial charge in [0.25, 0.3) is 0 Å². The van der Waals surface area contributed by atoms with Crippen molar-refractivity contribution >= 4 is 27.8 Å². The van der Waals surface area contributed by atoms with Crippen molar-refractivity contribution in [2.24, 2.45) is 0 Å². The van der Waals surface area contributed by atoms with Crippen molar-refractivity contribution in [2.75, 3.05) is 4.90 Å². The van der Waals surface area contributed by atoms with E-state index in [0.29, 0.717) is 0 Å². The van der Waals surface area contributed by atoms with Crippen LogP contribution >= 0.6 is 0 Å². The second kappa shape index (κ2) is 13.2. The van der Waals surface area contributed by atoms with Gasteiger partial charge in [-0.05, 0) is 91.2 Å². The van der Waals surface area contributed by atoms with Crippen LogP contribution < -0.4 is 4.90 Å². The highest BCUT2D eigenvalue weighted by molar-refractivity contribution is 6.06. The number of anilines is 3. The zero-order valence-electron chi connectivity index (χ0n) is 29.8. The van der Waals surface area contributed by atoms with Crippen LogP contribution in [0.3, 0.4) is 0 Å². The molecule has 0 atom stereocenters. The molecule has 254 valence electrons. The predicted octanol–water partition coefficient (Wildman–Crippen LogP) is 14.0. The van der Waals surface area contributed by atoms with E-state index in [-0.39, 0.29) is 0 Å². The average Bonchev–Trinajstić information content (AvgIpc) is 3.58. The lowest BCUT2D eigenvalue weighted by molar-refractivity contribution is 0.768. The van der Waals surface area contributed by atoms with Crippen LogP contribution in [0, 0.1) is 0 Å². The van der Waals surface area contributed by atoms with Crippen molar-refractivity contribution in [1.29, 1.82) is 0 Å². The summed E-state index contributed by atoms with van der Waals surface area (Å²) >= 11 is 0. The minimum Gasteiger partial charge on any atom is -0.310 e. The highest BCUT2D eigenvalue weighted by Gasteiger charge is 2.49. The maximum Gasteiger partial charge on any atom is 0.0734 e. The first-order valence-electron chi connectivity index (χ1n) is 18.7. The van der Waals surface area contributed by atoms with Crippen molar-refractivity contribution in [2.45, 2.75) is 5.41 Å². The number of hydrogen-bond donors (Lipinski definition) is 0. The van der Waals surface area contributed by atoms with Gasteiger partial charge in [0, 0.05) is 16.9 Å². The summed E-state index contributed by atoms with van der Waals surface area (Å²) in [6.07, 6.45) is 0. The van der Waals surface area contributed by atoms with Gasteiger partial charge in [0.15, 0.2) is 0 Å². The van der Waals surface area contributed by atoms with Crippen LogP contribution in [0.25, 0.3) is 44.2 Å². The Balaban J connectivity index is 1.28. The fraction of sp³-hybridized carbons (Fsp3) is 0.0189. The van der Waals surface area contributed by atoms with Crippen molar-refractivity contribution in [1.82, 2.24) is 0 Å².